The minimum Gasteiger partial charge on any atom is -0.481 e. The minimum absolute atomic E-state index is 0.256. The fourth-order valence-electron chi connectivity index (χ4n) is 2.58. The van der Waals surface area contributed by atoms with Crippen molar-refractivity contribution in [1.82, 2.24) is 4.98 Å². The summed E-state index contributed by atoms with van der Waals surface area (Å²) < 4.78 is 11.2. The van der Waals surface area contributed by atoms with Gasteiger partial charge in [0.2, 0.25) is 0 Å². The van der Waals surface area contributed by atoms with Gasteiger partial charge in [-0.05, 0) is 56.7 Å². The van der Waals surface area contributed by atoms with Crippen LogP contribution in [0, 0.1) is 5.41 Å². The van der Waals surface area contributed by atoms with E-state index in [1.165, 1.54) is 0 Å². The van der Waals surface area contributed by atoms with Crippen LogP contribution in [0.15, 0.2) is 42.6 Å². The van der Waals surface area contributed by atoms with E-state index in [9.17, 15) is 9.90 Å². The van der Waals surface area contributed by atoms with Crippen LogP contribution in [-0.2, 0) is 9.53 Å². The number of halogens is 1. The van der Waals surface area contributed by atoms with Gasteiger partial charge in [-0.3, -0.25) is 4.79 Å². The molecule has 0 spiro atoms. The molecular formula is C19H24ClNO4. The van der Waals surface area contributed by atoms with E-state index in [1.807, 2.05) is 19.1 Å². The Labute approximate surface area is 152 Å². The Bertz CT molecular complexity index is 671. The summed E-state index contributed by atoms with van der Waals surface area (Å²) >= 11 is 5.91. The molecule has 25 heavy (non-hydrogen) atoms. The Hall–Kier alpha value is -1.98. The second kappa shape index (κ2) is 8.41. The summed E-state index contributed by atoms with van der Waals surface area (Å²) in [5, 5.41) is 11.6. The van der Waals surface area contributed by atoms with Crippen molar-refractivity contribution >= 4 is 17.6 Å². The predicted molar refractivity (Wildman–Crippen MR) is 96.7 cm³/mol. The van der Waals surface area contributed by atoms with E-state index in [2.05, 4.69) is 4.98 Å². The molecule has 3 unspecified atom stereocenters. The molecule has 3 atom stereocenters. The molecule has 0 aliphatic heterocycles. The van der Waals surface area contributed by atoms with Gasteiger partial charge in [0.25, 0.3) is 0 Å². The van der Waals surface area contributed by atoms with Gasteiger partial charge in [0, 0.05) is 11.2 Å². The number of hydrogen-bond acceptors (Lipinski definition) is 4. The van der Waals surface area contributed by atoms with Crippen molar-refractivity contribution in [3.05, 3.63) is 53.3 Å². The summed E-state index contributed by atoms with van der Waals surface area (Å²) in [5.74, 6) is 0.103. The molecule has 2 N–H and O–H groups in total. The zero-order chi connectivity index (χ0) is 18.4. The van der Waals surface area contributed by atoms with Crippen LogP contribution in [0.3, 0.4) is 0 Å². The van der Waals surface area contributed by atoms with Crippen LogP contribution in [0.25, 0.3) is 0 Å². The smallest absolute Gasteiger partial charge is 0.314 e. The number of nitrogens with one attached hydrogen (secondary N) is 1. The first-order valence-electron chi connectivity index (χ1n) is 8.33. The van der Waals surface area contributed by atoms with Gasteiger partial charge in [-0.15, -0.1) is 0 Å². The van der Waals surface area contributed by atoms with Crippen LogP contribution >= 0.6 is 11.6 Å². The number of aromatic nitrogens is 1. The predicted octanol–water partition coefficient (Wildman–Crippen LogP) is 4.13. The Morgan fingerprint density at radius 3 is 2.48 bits per heavy atom. The molecule has 2 aromatic rings. The average molecular weight is 366 g/mol. The highest BCUT2D eigenvalue weighted by Gasteiger charge is 2.46. The molecule has 136 valence electrons. The van der Waals surface area contributed by atoms with Crippen molar-refractivity contribution in [3.8, 4) is 5.75 Å². The van der Waals surface area contributed by atoms with E-state index in [1.54, 1.807) is 44.3 Å². The molecule has 0 saturated carbocycles. The number of aliphatic hydroxyl groups excluding tert-OH is 1. The first kappa shape index (κ1) is 19.3. The Morgan fingerprint density at radius 1 is 1.28 bits per heavy atom. The Kier molecular flexibility index (Phi) is 6.51. The number of aromatic amines is 1. The molecule has 6 heteroatoms. The molecule has 0 bridgehead atoms. The van der Waals surface area contributed by atoms with E-state index >= 15 is 0 Å². The van der Waals surface area contributed by atoms with Gasteiger partial charge in [0.05, 0.1) is 17.7 Å². The first-order valence-corrected chi connectivity index (χ1v) is 8.71. The molecule has 0 aliphatic carbocycles. The summed E-state index contributed by atoms with van der Waals surface area (Å²) in [4.78, 5) is 15.5. The van der Waals surface area contributed by atoms with E-state index < -0.39 is 23.6 Å². The molecule has 5 nitrogen and oxygen atoms in total. The number of carbonyl (C=O) groups excluding carboxylic acids is 1. The molecule has 0 fully saturated rings. The highest BCUT2D eigenvalue weighted by Crippen LogP contribution is 2.37. The van der Waals surface area contributed by atoms with Gasteiger partial charge in [-0.1, -0.05) is 18.5 Å². The van der Waals surface area contributed by atoms with E-state index in [4.69, 9.17) is 21.1 Å². The lowest BCUT2D eigenvalue weighted by Crippen LogP contribution is -2.45. The van der Waals surface area contributed by atoms with Gasteiger partial charge in [-0.25, -0.2) is 0 Å². The van der Waals surface area contributed by atoms with Gasteiger partial charge in [0.1, 0.15) is 11.9 Å². The number of ether oxygens (including phenoxy) is 2. The van der Waals surface area contributed by atoms with Crippen molar-refractivity contribution < 1.29 is 19.4 Å². The lowest BCUT2D eigenvalue weighted by atomic mass is 9.78. The number of rotatable bonds is 8. The number of hydrogen-bond donors (Lipinski definition) is 2. The molecule has 0 radical (unpaired) electrons. The van der Waals surface area contributed by atoms with Crippen LogP contribution < -0.4 is 4.74 Å². The zero-order valence-electron chi connectivity index (χ0n) is 14.7. The fraction of sp³-hybridized carbons (Fsp3) is 0.421. The molecule has 1 aromatic heterocycles. The molecule has 2 rings (SSSR count). The monoisotopic (exact) mass is 365 g/mol. The second-order valence-electron chi connectivity index (χ2n) is 6.05. The quantitative estimate of drug-likeness (QED) is 0.690. The highest BCUT2D eigenvalue weighted by molar-refractivity contribution is 6.30. The normalized spacial score (nSPS) is 15.9. The molecule has 0 aliphatic rings. The Morgan fingerprint density at radius 2 is 1.96 bits per heavy atom. The first-order chi connectivity index (χ1) is 11.9. The van der Waals surface area contributed by atoms with Crippen LogP contribution in [0.1, 0.15) is 39.0 Å². The lowest BCUT2D eigenvalue weighted by Gasteiger charge is -2.35. The summed E-state index contributed by atoms with van der Waals surface area (Å²) in [6, 6.07) is 10.5. The molecule has 0 amide bonds. The highest BCUT2D eigenvalue weighted by atomic mass is 35.5. The van der Waals surface area contributed by atoms with Crippen LogP contribution in [0.4, 0.5) is 0 Å². The molecule has 0 saturated heterocycles. The maximum atomic E-state index is 12.4. The van der Waals surface area contributed by atoms with Gasteiger partial charge in [0.15, 0.2) is 6.10 Å². The van der Waals surface area contributed by atoms with Crippen molar-refractivity contribution in [1.29, 1.82) is 0 Å². The van der Waals surface area contributed by atoms with Crippen molar-refractivity contribution in [2.45, 2.75) is 39.4 Å². The number of esters is 1. The third-order valence-corrected chi connectivity index (χ3v) is 4.67. The summed E-state index contributed by atoms with van der Waals surface area (Å²) in [7, 11) is 0. The maximum Gasteiger partial charge on any atom is 0.314 e. The van der Waals surface area contributed by atoms with Gasteiger partial charge < -0.3 is 19.6 Å². The number of H-pyrrole nitrogens is 1. The number of aliphatic hydroxyl groups is 1. The van der Waals surface area contributed by atoms with Crippen molar-refractivity contribution in [2.24, 2.45) is 5.41 Å². The Balaban J connectivity index is 2.34. The van der Waals surface area contributed by atoms with Gasteiger partial charge in [-0.2, -0.15) is 0 Å². The zero-order valence-corrected chi connectivity index (χ0v) is 15.4. The fourth-order valence-corrected chi connectivity index (χ4v) is 2.71. The molecule has 1 heterocycles. The molecule has 1 aromatic carbocycles. The average Bonchev–Trinajstić information content (AvgIpc) is 3.14. The van der Waals surface area contributed by atoms with Crippen LogP contribution in [0.2, 0.25) is 5.02 Å². The summed E-state index contributed by atoms with van der Waals surface area (Å²) in [6.07, 6.45) is 0.290. The molecular weight excluding hydrogens is 342 g/mol. The van der Waals surface area contributed by atoms with Crippen LogP contribution in [-0.4, -0.2) is 28.8 Å². The topological polar surface area (TPSA) is 71.6 Å². The minimum atomic E-state index is -1.11. The SMILES string of the molecule is CCOC(=O)C(C)(CC)C(O)C(Oc1ccc(Cl)cc1)c1ccc[nH]1. The van der Waals surface area contributed by atoms with E-state index in [-0.39, 0.29) is 6.61 Å². The number of benzene rings is 1. The third-order valence-electron chi connectivity index (χ3n) is 4.42. The van der Waals surface area contributed by atoms with E-state index in [0.717, 1.165) is 0 Å². The summed E-state index contributed by atoms with van der Waals surface area (Å²) in [5.41, 5.74) is -0.426. The maximum absolute atomic E-state index is 12.4. The third kappa shape index (κ3) is 4.35. The van der Waals surface area contributed by atoms with Gasteiger partial charge >= 0.3 is 5.97 Å². The van der Waals surface area contributed by atoms with Crippen molar-refractivity contribution in [2.75, 3.05) is 6.61 Å². The standard InChI is InChI=1S/C19H24ClNO4/c1-4-19(3,18(23)24-5-2)17(22)16(15-7-6-12-21-15)25-14-10-8-13(20)9-11-14/h6-12,16-17,21-22H,4-5H2,1-3H3. The summed E-state index contributed by atoms with van der Waals surface area (Å²) in [6.45, 7) is 5.53. The largest absolute Gasteiger partial charge is 0.481 e. The second-order valence-corrected chi connectivity index (χ2v) is 6.49. The lowest BCUT2D eigenvalue weighted by molar-refractivity contribution is -0.167. The van der Waals surface area contributed by atoms with Crippen molar-refractivity contribution in [3.63, 3.8) is 0 Å². The van der Waals surface area contributed by atoms with E-state index in [0.29, 0.717) is 22.9 Å². The number of carbonyl (C=O) groups is 1. The van der Waals surface area contributed by atoms with Crippen LogP contribution in [0.5, 0.6) is 5.75 Å².